The first-order valence-corrected chi connectivity index (χ1v) is 6.22. The number of benzene rings is 1. The molecular formula is C9H6F2N2O5S. The molecule has 0 radical (unpaired) electrons. The van der Waals surface area contributed by atoms with Gasteiger partial charge in [-0.1, -0.05) is 0 Å². The van der Waals surface area contributed by atoms with Crippen LogP contribution in [0.1, 0.15) is 0 Å². The number of aliphatic carboxylic acids is 1. The van der Waals surface area contributed by atoms with E-state index in [9.17, 15) is 26.8 Å². The Kier molecular flexibility index (Phi) is 2.89. The van der Waals surface area contributed by atoms with E-state index in [2.05, 4.69) is 0 Å². The van der Waals surface area contributed by atoms with Crippen molar-refractivity contribution in [2.75, 3.05) is 11.9 Å². The van der Waals surface area contributed by atoms with Gasteiger partial charge in [-0.15, -0.1) is 0 Å². The highest BCUT2D eigenvalue weighted by atomic mass is 32.2. The second-order valence-electron chi connectivity index (χ2n) is 3.57. The number of carboxylic acids is 1. The second kappa shape index (κ2) is 4.16. The summed E-state index contributed by atoms with van der Waals surface area (Å²) in [5.74, 6) is -4.71. The summed E-state index contributed by atoms with van der Waals surface area (Å²) in [5.41, 5.74) is -0.439. The van der Waals surface area contributed by atoms with Gasteiger partial charge in [0.1, 0.15) is 11.4 Å². The molecule has 0 aromatic heterocycles. The Morgan fingerprint density at radius 1 is 1.37 bits per heavy atom. The summed E-state index contributed by atoms with van der Waals surface area (Å²) in [7, 11) is -4.75. The monoisotopic (exact) mass is 292 g/mol. The SMILES string of the molecule is O=C(O)CN1C(=O)Nc2ccc(F)c(F)c2S1(=O)=O. The molecule has 2 rings (SSSR count). The number of nitrogens with zero attached hydrogens (tertiary/aromatic N) is 1. The van der Waals surface area contributed by atoms with E-state index in [0.29, 0.717) is 6.07 Å². The first-order chi connectivity index (χ1) is 8.75. The molecule has 1 aliphatic heterocycles. The van der Waals surface area contributed by atoms with Gasteiger partial charge in [0, 0.05) is 0 Å². The Bertz CT molecular complexity index is 688. The van der Waals surface area contributed by atoms with Crippen molar-refractivity contribution in [1.82, 2.24) is 4.31 Å². The predicted molar refractivity (Wildman–Crippen MR) is 56.9 cm³/mol. The van der Waals surface area contributed by atoms with E-state index in [1.54, 1.807) is 0 Å². The lowest BCUT2D eigenvalue weighted by atomic mass is 10.3. The lowest BCUT2D eigenvalue weighted by Gasteiger charge is -2.27. The topological polar surface area (TPSA) is 104 Å². The van der Waals surface area contributed by atoms with Crippen molar-refractivity contribution in [3.63, 3.8) is 0 Å². The highest BCUT2D eigenvalue weighted by molar-refractivity contribution is 7.90. The van der Waals surface area contributed by atoms with E-state index in [1.807, 2.05) is 5.32 Å². The lowest BCUT2D eigenvalue weighted by molar-refractivity contribution is -0.136. The lowest BCUT2D eigenvalue weighted by Crippen LogP contribution is -2.46. The van der Waals surface area contributed by atoms with Crippen molar-refractivity contribution >= 4 is 27.7 Å². The number of halogens is 2. The minimum atomic E-state index is -4.75. The second-order valence-corrected chi connectivity index (χ2v) is 5.37. The van der Waals surface area contributed by atoms with Crippen LogP contribution in [-0.2, 0) is 14.8 Å². The number of amides is 2. The zero-order chi connectivity index (χ0) is 14.4. The molecular weight excluding hydrogens is 286 g/mol. The number of rotatable bonds is 2. The van der Waals surface area contributed by atoms with Crippen LogP contribution in [0, 0.1) is 11.6 Å². The number of hydrogen-bond donors (Lipinski definition) is 2. The molecule has 1 aromatic carbocycles. The summed E-state index contributed by atoms with van der Waals surface area (Å²) in [6.07, 6.45) is 0. The quantitative estimate of drug-likeness (QED) is 0.830. The van der Waals surface area contributed by atoms with Gasteiger partial charge in [-0.05, 0) is 12.1 Å². The Morgan fingerprint density at radius 3 is 2.58 bits per heavy atom. The molecule has 7 nitrogen and oxygen atoms in total. The standard InChI is InChI=1S/C9H6F2N2O5S/c10-4-1-2-5-8(7(4)11)19(17,18)13(3-6(14)15)9(16)12-5/h1-2H,3H2,(H,12,16)(H,14,15). The molecule has 0 bridgehead atoms. The Balaban J connectivity index is 2.67. The molecule has 10 heteroatoms. The van der Waals surface area contributed by atoms with Gasteiger partial charge in [-0.2, -0.15) is 0 Å². The number of sulfonamides is 1. The fraction of sp³-hybridized carbons (Fsp3) is 0.111. The van der Waals surface area contributed by atoms with Crippen LogP contribution in [0.5, 0.6) is 0 Å². The highest BCUT2D eigenvalue weighted by Gasteiger charge is 2.41. The molecule has 19 heavy (non-hydrogen) atoms. The van der Waals surface area contributed by atoms with E-state index >= 15 is 0 Å². The molecule has 0 unspecified atom stereocenters. The molecule has 0 aliphatic carbocycles. The number of carbonyl (C=O) groups is 2. The largest absolute Gasteiger partial charge is 0.480 e. The maximum absolute atomic E-state index is 13.5. The van der Waals surface area contributed by atoms with E-state index in [1.165, 1.54) is 0 Å². The smallest absolute Gasteiger partial charge is 0.336 e. The van der Waals surface area contributed by atoms with Crippen molar-refractivity contribution in [3.8, 4) is 0 Å². The number of hydrogen-bond acceptors (Lipinski definition) is 4. The molecule has 0 saturated heterocycles. The molecule has 0 fully saturated rings. The predicted octanol–water partition coefficient (Wildman–Crippen LogP) is 0.586. The van der Waals surface area contributed by atoms with Gasteiger partial charge in [0.2, 0.25) is 0 Å². The van der Waals surface area contributed by atoms with Crippen molar-refractivity contribution in [2.24, 2.45) is 0 Å². The molecule has 102 valence electrons. The van der Waals surface area contributed by atoms with Gasteiger partial charge in [0.05, 0.1) is 5.69 Å². The van der Waals surface area contributed by atoms with Crippen LogP contribution in [0.25, 0.3) is 0 Å². The molecule has 1 heterocycles. The Morgan fingerprint density at radius 2 is 2.00 bits per heavy atom. The molecule has 0 atom stereocenters. The molecule has 1 aliphatic rings. The zero-order valence-electron chi connectivity index (χ0n) is 9.05. The van der Waals surface area contributed by atoms with Crippen LogP contribution in [0.15, 0.2) is 17.0 Å². The third-order valence-corrected chi connectivity index (χ3v) is 4.14. The Hall–Kier alpha value is -2.23. The van der Waals surface area contributed by atoms with Gasteiger partial charge >= 0.3 is 12.0 Å². The average molecular weight is 292 g/mol. The van der Waals surface area contributed by atoms with Crippen LogP contribution in [0.2, 0.25) is 0 Å². The molecule has 1 aromatic rings. The van der Waals surface area contributed by atoms with Gasteiger partial charge in [0.25, 0.3) is 10.0 Å². The third kappa shape index (κ3) is 1.99. The molecule has 2 amide bonds. The van der Waals surface area contributed by atoms with Crippen molar-refractivity contribution in [1.29, 1.82) is 0 Å². The molecule has 2 N–H and O–H groups in total. The summed E-state index contributed by atoms with van der Waals surface area (Å²) in [6.45, 7) is -1.19. The van der Waals surface area contributed by atoms with Crippen molar-refractivity contribution in [3.05, 3.63) is 23.8 Å². The number of carbonyl (C=O) groups excluding carboxylic acids is 1. The summed E-state index contributed by atoms with van der Waals surface area (Å²) >= 11 is 0. The van der Waals surface area contributed by atoms with Crippen LogP contribution in [-0.4, -0.2) is 36.4 Å². The maximum Gasteiger partial charge on any atom is 0.336 e. The van der Waals surface area contributed by atoms with E-state index < -0.39 is 50.8 Å². The van der Waals surface area contributed by atoms with Crippen molar-refractivity contribution < 1.29 is 31.9 Å². The Labute approximate surface area is 105 Å². The van der Waals surface area contributed by atoms with Gasteiger partial charge in [-0.25, -0.2) is 26.3 Å². The summed E-state index contributed by atoms with van der Waals surface area (Å²) < 4.78 is 50.3. The molecule has 0 spiro atoms. The van der Waals surface area contributed by atoms with Gasteiger partial charge in [-0.3, -0.25) is 4.79 Å². The van der Waals surface area contributed by atoms with E-state index in [0.717, 1.165) is 6.07 Å². The first-order valence-electron chi connectivity index (χ1n) is 4.78. The van der Waals surface area contributed by atoms with E-state index in [-0.39, 0.29) is 4.31 Å². The number of anilines is 1. The number of fused-ring (bicyclic) bond motifs is 1. The fourth-order valence-corrected chi connectivity index (χ4v) is 3.04. The summed E-state index contributed by atoms with van der Waals surface area (Å²) in [5, 5.41) is 10.5. The number of carboxylic acid groups (broad SMARTS) is 1. The first kappa shape index (κ1) is 13.2. The van der Waals surface area contributed by atoms with Crippen LogP contribution in [0.4, 0.5) is 19.3 Å². The highest BCUT2D eigenvalue weighted by Crippen LogP contribution is 2.33. The minimum absolute atomic E-state index is 0.0831. The number of urea groups is 1. The average Bonchev–Trinajstić information content (AvgIpc) is 2.28. The molecule has 0 saturated carbocycles. The summed E-state index contributed by atoms with van der Waals surface area (Å²) in [6, 6.07) is 0.277. The normalized spacial score (nSPS) is 16.7. The fourth-order valence-electron chi connectivity index (χ4n) is 1.56. The third-order valence-electron chi connectivity index (χ3n) is 2.35. The number of nitrogens with one attached hydrogen (secondary N) is 1. The van der Waals surface area contributed by atoms with Crippen molar-refractivity contribution in [2.45, 2.75) is 4.90 Å². The summed E-state index contributed by atoms with van der Waals surface area (Å²) in [4.78, 5) is 20.9. The zero-order valence-corrected chi connectivity index (χ0v) is 9.87. The van der Waals surface area contributed by atoms with Crippen LogP contribution in [0.3, 0.4) is 0 Å². The van der Waals surface area contributed by atoms with E-state index in [4.69, 9.17) is 5.11 Å². The maximum atomic E-state index is 13.5. The minimum Gasteiger partial charge on any atom is -0.480 e. The van der Waals surface area contributed by atoms with Gasteiger partial charge in [0.15, 0.2) is 11.6 Å². The van der Waals surface area contributed by atoms with Crippen LogP contribution < -0.4 is 5.32 Å². The van der Waals surface area contributed by atoms with Gasteiger partial charge < -0.3 is 10.4 Å². The van der Waals surface area contributed by atoms with Crippen LogP contribution >= 0.6 is 0 Å².